The van der Waals surface area contributed by atoms with Crippen molar-refractivity contribution in [1.82, 2.24) is 9.80 Å². The molecule has 0 aromatic heterocycles. The maximum absolute atomic E-state index is 13.5. The third-order valence-electron chi connectivity index (χ3n) is 4.53. The summed E-state index contributed by atoms with van der Waals surface area (Å²) in [4.78, 5) is 4.45. The lowest BCUT2D eigenvalue weighted by atomic mass is 9.75. The molecule has 2 N–H and O–H groups in total. The van der Waals surface area contributed by atoms with E-state index < -0.39 is 12.9 Å². The molecule has 0 spiro atoms. The Morgan fingerprint density at radius 2 is 1.86 bits per heavy atom. The van der Waals surface area contributed by atoms with Crippen LogP contribution in [-0.2, 0) is 6.54 Å². The third kappa shape index (κ3) is 3.83. The first kappa shape index (κ1) is 16.4. The van der Waals surface area contributed by atoms with Gasteiger partial charge in [0.2, 0.25) is 0 Å². The standard InChI is InChI=1S/C15H24BFN2O2/c1-18(2)15(5-4-6-15)11-19(3)10-12-7-13(16(20)21)9-14(17)8-12/h7-9,20-21H,4-6,10-11H2,1-3H3. The number of halogens is 1. The van der Waals surface area contributed by atoms with E-state index in [1.165, 1.54) is 25.3 Å². The van der Waals surface area contributed by atoms with Crippen LogP contribution in [0.3, 0.4) is 0 Å². The van der Waals surface area contributed by atoms with Crippen LogP contribution in [0.5, 0.6) is 0 Å². The lowest BCUT2D eigenvalue weighted by Crippen LogP contribution is -2.56. The molecule has 0 bridgehead atoms. The summed E-state index contributed by atoms with van der Waals surface area (Å²) < 4.78 is 13.5. The van der Waals surface area contributed by atoms with E-state index >= 15 is 0 Å². The Bertz CT molecular complexity index is 493. The molecule has 1 aromatic carbocycles. The molecule has 1 aliphatic carbocycles. The fourth-order valence-electron chi connectivity index (χ4n) is 3.12. The van der Waals surface area contributed by atoms with Crippen molar-refractivity contribution < 1.29 is 14.4 Å². The summed E-state index contributed by atoms with van der Waals surface area (Å²) in [5, 5.41) is 18.4. The van der Waals surface area contributed by atoms with Gasteiger partial charge in [-0.05, 0) is 63.6 Å². The van der Waals surface area contributed by atoms with Gasteiger partial charge >= 0.3 is 7.12 Å². The van der Waals surface area contributed by atoms with E-state index in [2.05, 4.69) is 23.9 Å². The van der Waals surface area contributed by atoms with Gasteiger partial charge in [-0.25, -0.2) is 4.39 Å². The molecule has 1 saturated carbocycles. The predicted octanol–water partition coefficient (Wildman–Crippen LogP) is 0.422. The fraction of sp³-hybridized carbons (Fsp3) is 0.600. The molecule has 2 rings (SSSR count). The molecule has 21 heavy (non-hydrogen) atoms. The molecular weight excluding hydrogens is 270 g/mol. The molecule has 0 saturated heterocycles. The van der Waals surface area contributed by atoms with Crippen LogP contribution in [0.15, 0.2) is 18.2 Å². The van der Waals surface area contributed by atoms with Gasteiger partial charge in [-0.3, -0.25) is 0 Å². The normalized spacial score (nSPS) is 17.1. The van der Waals surface area contributed by atoms with Crippen LogP contribution < -0.4 is 5.46 Å². The van der Waals surface area contributed by atoms with Crippen molar-refractivity contribution >= 4 is 12.6 Å². The van der Waals surface area contributed by atoms with Crippen molar-refractivity contribution in [2.45, 2.75) is 31.3 Å². The summed E-state index contributed by atoms with van der Waals surface area (Å²) in [6.07, 6.45) is 3.63. The molecule has 0 unspecified atom stereocenters. The molecule has 4 nitrogen and oxygen atoms in total. The molecular formula is C15H24BFN2O2. The molecule has 0 atom stereocenters. The quantitative estimate of drug-likeness (QED) is 0.747. The summed E-state index contributed by atoms with van der Waals surface area (Å²) >= 11 is 0. The van der Waals surface area contributed by atoms with E-state index in [9.17, 15) is 14.4 Å². The summed E-state index contributed by atoms with van der Waals surface area (Å²) in [5.74, 6) is -0.435. The molecule has 1 aromatic rings. The predicted molar refractivity (Wildman–Crippen MR) is 82.8 cm³/mol. The van der Waals surface area contributed by atoms with Gasteiger partial charge in [0.05, 0.1) is 0 Å². The Balaban J connectivity index is 2.04. The monoisotopic (exact) mass is 294 g/mol. The van der Waals surface area contributed by atoms with E-state index in [4.69, 9.17) is 0 Å². The number of benzene rings is 1. The Morgan fingerprint density at radius 1 is 1.19 bits per heavy atom. The van der Waals surface area contributed by atoms with Crippen LogP contribution in [0.1, 0.15) is 24.8 Å². The van der Waals surface area contributed by atoms with Crippen LogP contribution >= 0.6 is 0 Å². The van der Waals surface area contributed by atoms with Crippen molar-refractivity contribution in [3.05, 3.63) is 29.6 Å². The van der Waals surface area contributed by atoms with Crippen LogP contribution in [0.2, 0.25) is 0 Å². The zero-order chi connectivity index (χ0) is 15.6. The number of likely N-dealkylation sites (N-methyl/N-ethyl adjacent to an activating group) is 2. The highest BCUT2D eigenvalue weighted by Crippen LogP contribution is 2.36. The average Bonchev–Trinajstić information content (AvgIpc) is 2.32. The lowest BCUT2D eigenvalue weighted by molar-refractivity contribution is 0.0259. The van der Waals surface area contributed by atoms with E-state index in [1.54, 1.807) is 6.07 Å². The molecule has 0 aliphatic heterocycles. The number of nitrogens with zero attached hydrogens (tertiary/aromatic N) is 2. The van der Waals surface area contributed by atoms with Crippen LogP contribution in [0.4, 0.5) is 4.39 Å². The van der Waals surface area contributed by atoms with E-state index in [0.717, 1.165) is 18.2 Å². The molecule has 0 heterocycles. The number of rotatable bonds is 6. The van der Waals surface area contributed by atoms with Gasteiger partial charge in [0.15, 0.2) is 0 Å². The SMILES string of the molecule is CN(Cc1cc(F)cc(B(O)O)c1)CC1(N(C)C)CCC1. The van der Waals surface area contributed by atoms with E-state index in [-0.39, 0.29) is 11.0 Å². The van der Waals surface area contributed by atoms with Gasteiger partial charge in [0, 0.05) is 18.6 Å². The Hall–Kier alpha value is -0.945. The van der Waals surface area contributed by atoms with Crippen molar-refractivity contribution in [3.63, 3.8) is 0 Å². The van der Waals surface area contributed by atoms with Gasteiger partial charge < -0.3 is 19.8 Å². The topological polar surface area (TPSA) is 46.9 Å². The fourth-order valence-corrected chi connectivity index (χ4v) is 3.12. The average molecular weight is 294 g/mol. The molecule has 1 aliphatic rings. The molecule has 116 valence electrons. The molecule has 0 amide bonds. The van der Waals surface area contributed by atoms with Crippen molar-refractivity contribution in [2.75, 3.05) is 27.7 Å². The maximum Gasteiger partial charge on any atom is 0.488 e. The zero-order valence-corrected chi connectivity index (χ0v) is 13.0. The number of hydrogen-bond acceptors (Lipinski definition) is 4. The highest BCUT2D eigenvalue weighted by molar-refractivity contribution is 6.58. The largest absolute Gasteiger partial charge is 0.488 e. The smallest absolute Gasteiger partial charge is 0.423 e. The van der Waals surface area contributed by atoms with Crippen LogP contribution in [0, 0.1) is 5.82 Å². The summed E-state index contributed by atoms with van der Waals surface area (Å²) in [7, 11) is 4.60. The summed E-state index contributed by atoms with van der Waals surface area (Å²) in [5.41, 5.74) is 1.18. The third-order valence-corrected chi connectivity index (χ3v) is 4.53. The van der Waals surface area contributed by atoms with Gasteiger partial charge in [0.25, 0.3) is 0 Å². The minimum Gasteiger partial charge on any atom is -0.423 e. The Labute approximate surface area is 126 Å². The van der Waals surface area contributed by atoms with Gasteiger partial charge in [-0.15, -0.1) is 0 Å². The summed E-state index contributed by atoms with van der Waals surface area (Å²) in [6, 6.07) is 4.25. The summed E-state index contributed by atoms with van der Waals surface area (Å²) in [6.45, 7) is 1.51. The lowest BCUT2D eigenvalue weighted by Gasteiger charge is -2.49. The van der Waals surface area contributed by atoms with Crippen LogP contribution in [-0.4, -0.2) is 60.2 Å². The molecule has 6 heteroatoms. The second-order valence-electron chi connectivity index (χ2n) is 6.41. The second-order valence-corrected chi connectivity index (χ2v) is 6.41. The van der Waals surface area contributed by atoms with Crippen molar-refractivity contribution in [3.8, 4) is 0 Å². The highest BCUT2D eigenvalue weighted by atomic mass is 19.1. The second kappa shape index (κ2) is 6.44. The van der Waals surface area contributed by atoms with Crippen molar-refractivity contribution in [1.29, 1.82) is 0 Å². The Morgan fingerprint density at radius 3 is 2.33 bits per heavy atom. The minimum atomic E-state index is -1.63. The molecule has 1 fully saturated rings. The Kier molecular flexibility index (Phi) is 5.04. The van der Waals surface area contributed by atoms with Crippen LogP contribution in [0.25, 0.3) is 0 Å². The van der Waals surface area contributed by atoms with Gasteiger partial charge in [-0.1, -0.05) is 6.07 Å². The van der Waals surface area contributed by atoms with E-state index in [0.29, 0.717) is 6.54 Å². The van der Waals surface area contributed by atoms with Crippen molar-refractivity contribution in [2.24, 2.45) is 0 Å². The van der Waals surface area contributed by atoms with E-state index in [1.807, 2.05) is 7.05 Å². The first-order chi connectivity index (χ1) is 9.82. The highest BCUT2D eigenvalue weighted by Gasteiger charge is 2.39. The minimum absolute atomic E-state index is 0.198. The first-order valence-electron chi connectivity index (χ1n) is 7.34. The first-order valence-corrected chi connectivity index (χ1v) is 7.34. The molecule has 0 radical (unpaired) electrons. The zero-order valence-electron chi connectivity index (χ0n) is 13.0. The van der Waals surface area contributed by atoms with Gasteiger partial charge in [-0.2, -0.15) is 0 Å². The number of hydrogen-bond donors (Lipinski definition) is 2. The van der Waals surface area contributed by atoms with Gasteiger partial charge in [0.1, 0.15) is 5.82 Å². The maximum atomic E-state index is 13.5.